The zero-order valence-electron chi connectivity index (χ0n) is 10.3. The molecule has 9 heteroatoms. The minimum Gasteiger partial charge on any atom is -0.278 e. The van der Waals surface area contributed by atoms with Crippen LogP contribution in [0.3, 0.4) is 0 Å². The van der Waals surface area contributed by atoms with Crippen LogP contribution in [-0.4, -0.2) is 13.3 Å². The molecule has 2 rings (SSSR count). The molecule has 0 amide bonds. The van der Waals surface area contributed by atoms with Gasteiger partial charge in [0.25, 0.3) is 15.7 Å². The molecule has 0 heterocycles. The van der Waals surface area contributed by atoms with Gasteiger partial charge in [0.05, 0.1) is 15.6 Å². The maximum Gasteiger partial charge on any atom is 0.289 e. The van der Waals surface area contributed by atoms with Gasteiger partial charge in [0.1, 0.15) is 0 Å². The van der Waals surface area contributed by atoms with E-state index in [1.807, 2.05) is 22.6 Å². The predicted molar refractivity (Wildman–Crippen MR) is 88.1 cm³/mol. The van der Waals surface area contributed by atoms with Crippen LogP contribution in [0.1, 0.15) is 0 Å². The molecule has 0 radical (unpaired) electrons. The van der Waals surface area contributed by atoms with Crippen molar-refractivity contribution in [2.45, 2.75) is 4.90 Å². The normalized spacial score (nSPS) is 11.1. The third-order valence-corrected chi connectivity index (χ3v) is 4.92. The molecule has 2 aromatic rings. The number of nitrogens with one attached hydrogen (secondary N) is 1. The second-order valence-corrected chi connectivity index (χ2v) is 7.26. The molecular weight excluding hydrogens is 431 g/mol. The molecule has 1 N–H and O–H groups in total. The fourth-order valence-corrected chi connectivity index (χ4v) is 3.82. The Bertz CT molecular complexity index is 811. The average Bonchev–Trinajstić information content (AvgIpc) is 2.42. The quantitative estimate of drug-likeness (QED) is 0.448. The fourth-order valence-electron chi connectivity index (χ4n) is 1.61. The van der Waals surface area contributed by atoms with Crippen molar-refractivity contribution >= 4 is 55.6 Å². The second kappa shape index (κ2) is 6.16. The van der Waals surface area contributed by atoms with Crippen molar-refractivity contribution < 1.29 is 13.3 Å². The van der Waals surface area contributed by atoms with E-state index in [0.29, 0.717) is 0 Å². The van der Waals surface area contributed by atoms with Crippen LogP contribution in [0.25, 0.3) is 0 Å². The molecule has 2 aromatic carbocycles. The number of nitrogens with zero attached hydrogens (tertiary/aromatic N) is 1. The highest BCUT2D eigenvalue weighted by Gasteiger charge is 2.25. The number of para-hydroxylation sites is 1. The Morgan fingerprint density at radius 2 is 1.86 bits per heavy atom. The first-order valence-corrected chi connectivity index (χ1v) is 8.46. The Balaban J connectivity index is 2.46. The number of rotatable bonds is 4. The Morgan fingerprint density at radius 1 is 1.19 bits per heavy atom. The summed E-state index contributed by atoms with van der Waals surface area (Å²) in [6.07, 6.45) is 0. The van der Waals surface area contributed by atoms with Crippen LogP contribution in [-0.2, 0) is 10.0 Å². The molecule has 0 fully saturated rings. The largest absolute Gasteiger partial charge is 0.289 e. The van der Waals surface area contributed by atoms with Gasteiger partial charge >= 0.3 is 0 Å². The van der Waals surface area contributed by atoms with Crippen molar-refractivity contribution in [1.29, 1.82) is 0 Å². The SMILES string of the molecule is O=[N+]([O-])c1ccccc1S(=O)(=O)Nc1ccc(I)cc1Cl. The first-order valence-electron chi connectivity index (χ1n) is 5.52. The lowest BCUT2D eigenvalue weighted by Crippen LogP contribution is -2.15. The van der Waals surface area contributed by atoms with Gasteiger partial charge in [-0.25, -0.2) is 8.42 Å². The van der Waals surface area contributed by atoms with Gasteiger partial charge in [0.15, 0.2) is 4.90 Å². The summed E-state index contributed by atoms with van der Waals surface area (Å²) in [7, 11) is -4.10. The number of nitro groups is 1. The molecule has 0 unspecified atom stereocenters. The van der Waals surface area contributed by atoms with Crippen molar-refractivity contribution in [2.75, 3.05) is 4.72 Å². The van der Waals surface area contributed by atoms with Crippen molar-refractivity contribution in [3.63, 3.8) is 0 Å². The topological polar surface area (TPSA) is 89.3 Å². The van der Waals surface area contributed by atoms with Gasteiger partial charge < -0.3 is 0 Å². The summed E-state index contributed by atoms with van der Waals surface area (Å²) in [6.45, 7) is 0. The van der Waals surface area contributed by atoms with Crippen LogP contribution < -0.4 is 4.72 Å². The van der Waals surface area contributed by atoms with E-state index in [1.165, 1.54) is 24.3 Å². The standard InChI is InChI=1S/C12H8ClIN2O4S/c13-9-7-8(14)5-6-10(9)15-21(19,20)12-4-2-1-3-11(12)16(17)18/h1-7,15H. The van der Waals surface area contributed by atoms with E-state index in [0.717, 1.165) is 9.64 Å². The summed E-state index contributed by atoms with van der Waals surface area (Å²) in [6, 6.07) is 9.86. The minimum atomic E-state index is -4.10. The summed E-state index contributed by atoms with van der Waals surface area (Å²) in [5, 5.41) is 11.1. The number of hydrogen-bond acceptors (Lipinski definition) is 4. The summed E-state index contributed by atoms with van der Waals surface area (Å²) >= 11 is 7.99. The van der Waals surface area contributed by atoms with Crippen molar-refractivity contribution in [1.82, 2.24) is 0 Å². The third kappa shape index (κ3) is 3.63. The van der Waals surface area contributed by atoms with Crippen LogP contribution >= 0.6 is 34.2 Å². The molecule has 0 atom stereocenters. The molecule has 0 bridgehead atoms. The van der Waals surface area contributed by atoms with Crippen molar-refractivity contribution in [3.8, 4) is 0 Å². The minimum absolute atomic E-state index is 0.162. The van der Waals surface area contributed by atoms with Crippen molar-refractivity contribution in [3.05, 3.63) is 61.2 Å². The first kappa shape index (κ1) is 16.0. The molecule has 110 valence electrons. The predicted octanol–water partition coefficient (Wildman–Crippen LogP) is 3.65. The fraction of sp³-hybridized carbons (Fsp3) is 0. The van der Waals surface area contributed by atoms with E-state index >= 15 is 0 Å². The molecule has 0 aliphatic carbocycles. The van der Waals surface area contributed by atoms with Gasteiger partial charge in [-0.1, -0.05) is 23.7 Å². The number of hydrogen-bond donors (Lipinski definition) is 1. The highest BCUT2D eigenvalue weighted by molar-refractivity contribution is 14.1. The van der Waals surface area contributed by atoms with E-state index in [1.54, 1.807) is 12.1 Å². The molecule has 0 spiro atoms. The first-order chi connectivity index (χ1) is 9.81. The lowest BCUT2D eigenvalue weighted by molar-refractivity contribution is -0.387. The van der Waals surface area contributed by atoms with E-state index in [4.69, 9.17) is 11.6 Å². The number of halogens is 2. The Labute approximate surface area is 139 Å². The van der Waals surface area contributed by atoms with Gasteiger partial charge in [0, 0.05) is 9.64 Å². The molecule has 0 aromatic heterocycles. The maximum absolute atomic E-state index is 12.3. The van der Waals surface area contributed by atoms with Gasteiger partial charge in [-0.05, 0) is 46.9 Å². The van der Waals surface area contributed by atoms with Crippen LogP contribution in [0.5, 0.6) is 0 Å². The Morgan fingerprint density at radius 3 is 2.48 bits per heavy atom. The molecule has 0 saturated carbocycles. The van der Waals surface area contributed by atoms with Gasteiger partial charge in [-0.2, -0.15) is 0 Å². The van der Waals surface area contributed by atoms with Gasteiger partial charge in [-0.3, -0.25) is 14.8 Å². The highest BCUT2D eigenvalue weighted by atomic mass is 127. The van der Waals surface area contributed by atoms with Crippen LogP contribution in [0.2, 0.25) is 5.02 Å². The molecule has 0 saturated heterocycles. The van der Waals surface area contributed by atoms with E-state index in [-0.39, 0.29) is 10.7 Å². The van der Waals surface area contributed by atoms with Crippen LogP contribution in [0, 0.1) is 13.7 Å². The molecule has 0 aliphatic heterocycles. The monoisotopic (exact) mass is 438 g/mol. The van der Waals surface area contributed by atoms with Gasteiger partial charge in [0.2, 0.25) is 0 Å². The Kier molecular flexibility index (Phi) is 4.69. The van der Waals surface area contributed by atoms with E-state index in [9.17, 15) is 18.5 Å². The Hall–Kier alpha value is -1.39. The summed E-state index contributed by atoms with van der Waals surface area (Å²) in [5.74, 6) is 0. The molecule has 21 heavy (non-hydrogen) atoms. The number of benzene rings is 2. The number of sulfonamides is 1. The molecule has 0 aliphatic rings. The zero-order chi connectivity index (χ0) is 15.6. The van der Waals surface area contributed by atoms with Crippen molar-refractivity contribution in [2.24, 2.45) is 0 Å². The third-order valence-electron chi connectivity index (χ3n) is 2.53. The maximum atomic E-state index is 12.3. The number of nitro benzene ring substituents is 1. The zero-order valence-corrected chi connectivity index (χ0v) is 14.0. The summed E-state index contributed by atoms with van der Waals surface area (Å²) in [4.78, 5) is 9.76. The molecule has 6 nitrogen and oxygen atoms in total. The highest BCUT2D eigenvalue weighted by Crippen LogP contribution is 2.29. The average molecular weight is 439 g/mol. The van der Waals surface area contributed by atoms with Crippen LogP contribution in [0.15, 0.2) is 47.4 Å². The smallest absolute Gasteiger partial charge is 0.278 e. The number of anilines is 1. The van der Waals surface area contributed by atoms with Crippen LogP contribution in [0.4, 0.5) is 11.4 Å². The lowest BCUT2D eigenvalue weighted by Gasteiger charge is -2.10. The summed E-state index contributed by atoms with van der Waals surface area (Å²) in [5.41, 5.74) is -0.332. The summed E-state index contributed by atoms with van der Waals surface area (Å²) < 4.78 is 27.7. The van der Waals surface area contributed by atoms with E-state index in [2.05, 4.69) is 4.72 Å². The molecular formula is C12H8ClIN2O4S. The lowest BCUT2D eigenvalue weighted by atomic mass is 10.3. The van der Waals surface area contributed by atoms with Gasteiger partial charge in [-0.15, -0.1) is 0 Å². The van der Waals surface area contributed by atoms with E-state index < -0.39 is 25.5 Å². The second-order valence-electron chi connectivity index (χ2n) is 3.95.